The van der Waals surface area contributed by atoms with Crippen molar-refractivity contribution in [2.45, 2.75) is 25.0 Å². The number of thioether (sulfide) groups is 1. The lowest BCUT2D eigenvalue weighted by Crippen LogP contribution is -2.13. The molecular weight excluding hydrogens is 308 g/mol. The van der Waals surface area contributed by atoms with Crippen molar-refractivity contribution >= 4 is 34.1 Å². The zero-order chi connectivity index (χ0) is 14.8. The molecule has 1 aliphatic heterocycles. The Morgan fingerprint density at radius 1 is 1.00 bits per heavy atom. The third kappa shape index (κ3) is 1.57. The van der Waals surface area contributed by atoms with Crippen LogP contribution in [-0.2, 0) is 0 Å². The maximum atomic E-state index is 5.08. The Morgan fingerprint density at radius 3 is 2.59 bits per heavy atom. The molecule has 0 bridgehead atoms. The Labute approximate surface area is 137 Å². The smallest absolute Gasteiger partial charge is 0.104 e. The maximum Gasteiger partial charge on any atom is 0.104 e. The zero-order valence-electron chi connectivity index (χ0n) is 12.3. The Balaban J connectivity index is 1.90. The Morgan fingerprint density at radius 2 is 1.77 bits per heavy atom. The molecule has 2 unspecified atom stereocenters. The summed E-state index contributed by atoms with van der Waals surface area (Å²) in [6, 6.07) is 6.55. The molecule has 2 nitrogen and oxygen atoms in total. The Hall–Kier alpha value is -1.65. The van der Waals surface area contributed by atoms with E-state index in [1.165, 1.54) is 21.6 Å². The van der Waals surface area contributed by atoms with Crippen molar-refractivity contribution in [2.24, 2.45) is 0 Å². The van der Waals surface area contributed by atoms with Crippen molar-refractivity contribution in [1.29, 1.82) is 0 Å². The Kier molecular flexibility index (Phi) is 2.59. The molecule has 0 N–H and O–H groups in total. The highest BCUT2D eigenvalue weighted by Crippen LogP contribution is 2.56. The van der Waals surface area contributed by atoms with Gasteiger partial charge in [0.2, 0.25) is 0 Å². The van der Waals surface area contributed by atoms with Crippen LogP contribution in [0.3, 0.4) is 0 Å². The van der Waals surface area contributed by atoms with Gasteiger partial charge in [0.05, 0.1) is 26.9 Å². The van der Waals surface area contributed by atoms with Crippen LogP contribution in [0.1, 0.15) is 33.6 Å². The van der Waals surface area contributed by atoms with E-state index in [0.717, 1.165) is 22.4 Å². The molecule has 1 aliphatic carbocycles. The van der Waals surface area contributed by atoms with E-state index in [1.54, 1.807) is 11.3 Å². The average molecular weight is 322 g/mol. The Bertz CT molecular complexity index is 955. The standard InChI is InChI=1S/C18H14N2S2/c1-9-3-4-10(2)14-13(9)19-15-16(20-14)18-12(6-8-22-18)11-5-7-21-17(11)15/h3-8,11,17H,1-2H3. The fraction of sp³-hybridized carbons (Fsp3) is 0.222. The molecule has 0 fully saturated rings. The maximum absolute atomic E-state index is 5.08. The molecule has 3 aromatic rings. The van der Waals surface area contributed by atoms with Crippen molar-refractivity contribution in [3.05, 3.63) is 57.4 Å². The number of nitrogens with zero attached hydrogens (tertiary/aromatic N) is 2. The molecule has 4 heteroatoms. The second kappa shape index (κ2) is 4.43. The summed E-state index contributed by atoms with van der Waals surface area (Å²) in [4.78, 5) is 11.4. The summed E-state index contributed by atoms with van der Waals surface area (Å²) in [5, 5.41) is 4.79. The summed E-state index contributed by atoms with van der Waals surface area (Å²) < 4.78 is 0. The minimum Gasteiger partial charge on any atom is -0.247 e. The molecule has 108 valence electrons. The third-order valence-corrected chi connectivity index (χ3v) is 6.69. The minimum absolute atomic E-state index is 0.383. The number of aryl methyl sites for hydroxylation is 2. The first-order chi connectivity index (χ1) is 10.7. The summed E-state index contributed by atoms with van der Waals surface area (Å²) in [7, 11) is 0. The highest BCUT2D eigenvalue weighted by Gasteiger charge is 2.38. The number of rotatable bonds is 0. The summed E-state index contributed by atoms with van der Waals surface area (Å²) >= 11 is 3.67. The van der Waals surface area contributed by atoms with Gasteiger partial charge in [0.15, 0.2) is 0 Å². The van der Waals surface area contributed by atoms with Crippen LogP contribution in [-0.4, -0.2) is 9.97 Å². The second-order valence-corrected chi connectivity index (χ2v) is 7.94. The highest BCUT2D eigenvalue weighted by molar-refractivity contribution is 8.02. The first-order valence-electron chi connectivity index (χ1n) is 7.42. The van der Waals surface area contributed by atoms with E-state index in [9.17, 15) is 0 Å². The quantitative estimate of drug-likeness (QED) is 0.556. The second-order valence-electron chi connectivity index (χ2n) is 5.97. The number of hydrogen-bond acceptors (Lipinski definition) is 4. The first kappa shape index (κ1) is 12.9. The van der Waals surface area contributed by atoms with Gasteiger partial charge in [-0.05, 0) is 47.4 Å². The van der Waals surface area contributed by atoms with E-state index in [2.05, 4.69) is 48.9 Å². The first-order valence-corrected chi connectivity index (χ1v) is 9.24. The number of fused-ring (bicyclic) bond motifs is 7. The molecule has 0 saturated heterocycles. The van der Waals surface area contributed by atoms with Gasteiger partial charge in [-0.1, -0.05) is 18.2 Å². The summed E-state index contributed by atoms with van der Waals surface area (Å²) in [5.41, 5.74) is 8.20. The lowest BCUT2D eigenvalue weighted by atomic mass is 9.87. The van der Waals surface area contributed by atoms with E-state index in [0.29, 0.717) is 11.2 Å². The van der Waals surface area contributed by atoms with E-state index >= 15 is 0 Å². The highest BCUT2D eigenvalue weighted by atomic mass is 32.2. The normalized spacial score (nSPS) is 21.7. The fourth-order valence-corrected chi connectivity index (χ4v) is 5.53. The van der Waals surface area contributed by atoms with Gasteiger partial charge in [0.25, 0.3) is 0 Å². The predicted octanol–water partition coefficient (Wildman–Crippen LogP) is 5.37. The van der Waals surface area contributed by atoms with E-state index in [-0.39, 0.29) is 0 Å². The fourth-order valence-electron chi connectivity index (χ4n) is 3.45. The van der Waals surface area contributed by atoms with Crippen LogP contribution in [0.5, 0.6) is 0 Å². The van der Waals surface area contributed by atoms with Crippen molar-refractivity contribution in [3.63, 3.8) is 0 Å². The molecule has 0 radical (unpaired) electrons. The van der Waals surface area contributed by atoms with Crippen molar-refractivity contribution in [2.75, 3.05) is 0 Å². The largest absolute Gasteiger partial charge is 0.247 e. The molecule has 2 aliphatic rings. The molecule has 3 heterocycles. The molecule has 0 saturated carbocycles. The van der Waals surface area contributed by atoms with Crippen molar-refractivity contribution in [3.8, 4) is 10.6 Å². The lowest BCUT2D eigenvalue weighted by Gasteiger charge is -2.26. The van der Waals surface area contributed by atoms with Crippen molar-refractivity contribution < 1.29 is 0 Å². The summed E-state index contributed by atoms with van der Waals surface area (Å²) in [5.74, 6) is 0.454. The van der Waals surface area contributed by atoms with E-state index in [1.807, 2.05) is 11.8 Å². The number of benzene rings is 1. The number of thiophene rings is 1. The van der Waals surface area contributed by atoms with Crippen LogP contribution >= 0.6 is 23.1 Å². The topological polar surface area (TPSA) is 25.8 Å². The third-order valence-electron chi connectivity index (χ3n) is 4.63. The molecule has 2 atom stereocenters. The SMILES string of the molecule is Cc1ccc(C)c2nc3c(nc12)-c1sccc1C1C=CSC31. The van der Waals surface area contributed by atoms with Gasteiger partial charge in [-0.2, -0.15) is 0 Å². The van der Waals surface area contributed by atoms with E-state index < -0.39 is 0 Å². The van der Waals surface area contributed by atoms with Gasteiger partial charge in [0, 0.05) is 5.92 Å². The summed E-state index contributed by atoms with van der Waals surface area (Å²) in [6.07, 6.45) is 2.32. The van der Waals surface area contributed by atoms with Gasteiger partial charge >= 0.3 is 0 Å². The number of aromatic nitrogens is 2. The summed E-state index contributed by atoms with van der Waals surface area (Å²) in [6.45, 7) is 4.25. The molecular formula is C18H14N2S2. The predicted molar refractivity (Wildman–Crippen MR) is 94.5 cm³/mol. The van der Waals surface area contributed by atoms with Crippen LogP contribution in [0.4, 0.5) is 0 Å². The molecule has 0 spiro atoms. The number of hydrogen-bond donors (Lipinski definition) is 0. The average Bonchev–Trinajstić information content (AvgIpc) is 3.18. The molecule has 0 amide bonds. The zero-order valence-corrected chi connectivity index (χ0v) is 14.0. The van der Waals surface area contributed by atoms with Crippen molar-refractivity contribution in [1.82, 2.24) is 9.97 Å². The van der Waals surface area contributed by atoms with E-state index in [4.69, 9.17) is 9.97 Å². The minimum atomic E-state index is 0.383. The molecule has 22 heavy (non-hydrogen) atoms. The van der Waals surface area contributed by atoms with Gasteiger partial charge in [-0.25, -0.2) is 9.97 Å². The van der Waals surface area contributed by atoms with Crippen LogP contribution in [0.2, 0.25) is 0 Å². The van der Waals surface area contributed by atoms with Crippen LogP contribution in [0.15, 0.2) is 35.1 Å². The van der Waals surface area contributed by atoms with Gasteiger partial charge in [-0.3, -0.25) is 0 Å². The molecule has 2 aromatic heterocycles. The molecule has 1 aromatic carbocycles. The monoisotopic (exact) mass is 322 g/mol. The van der Waals surface area contributed by atoms with Crippen LogP contribution < -0.4 is 0 Å². The number of allylic oxidation sites excluding steroid dienone is 1. The van der Waals surface area contributed by atoms with Crippen LogP contribution in [0, 0.1) is 13.8 Å². The van der Waals surface area contributed by atoms with Crippen LogP contribution in [0.25, 0.3) is 21.6 Å². The van der Waals surface area contributed by atoms with Gasteiger partial charge < -0.3 is 0 Å². The van der Waals surface area contributed by atoms with Gasteiger partial charge in [-0.15, -0.1) is 23.1 Å². The lowest BCUT2D eigenvalue weighted by molar-refractivity contribution is 0.792. The van der Waals surface area contributed by atoms with Gasteiger partial charge in [0.1, 0.15) is 5.69 Å². The molecule has 5 rings (SSSR count).